The maximum atomic E-state index is 11.0. The molecule has 0 spiro atoms. The molecule has 0 bridgehead atoms. The fourth-order valence-electron chi connectivity index (χ4n) is 1.28. The molecular formula is C10H15NO2S2. The van der Waals surface area contributed by atoms with Crippen molar-refractivity contribution in [2.45, 2.75) is 26.0 Å². The highest BCUT2D eigenvalue weighted by Crippen LogP contribution is 2.23. The van der Waals surface area contributed by atoms with Gasteiger partial charge >= 0.3 is 5.97 Å². The van der Waals surface area contributed by atoms with Crippen LogP contribution in [-0.2, 0) is 12.2 Å². The van der Waals surface area contributed by atoms with E-state index in [0.29, 0.717) is 10.8 Å². The minimum absolute atomic E-state index is 0.410. The molecule has 84 valence electrons. The first kappa shape index (κ1) is 12.5. The number of carboxylic acid groups (broad SMARTS) is 1. The zero-order chi connectivity index (χ0) is 11.4. The minimum atomic E-state index is -0.851. The summed E-state index contributed by atoms with van der Waals surface area (Å²) in [6.45, 7) is 4.14. The van der Waals surface area contributed by atoms with Crippen LogP contribution in [0.4, 0.5) is 0 Å². The van der Waals surface area contributed by atoms with Gasteiger partial charge in [-0.2, -0.15) is 11.8 Å². The first-order valence-electron chi connectivity index (χ1n) is 4.75. The minimum Gasteiger partial charge on any atom is -0.477 e. The van der Waals surface area contributed by atoms with E-state index >= 15 is 0 Å². The molecule has 0 aromatic carbocycles. The average Bonchev–Trinajstić information content (AvgIpc) is 2.47. The molecule has 0 saturated carbocycles. The number of hydrogen-bond donors (Lipinski definition) is 1. The third-order valence-corrected chi connectivity index (χ3v) is 3.64. The summed E-state index contributed by atoms with van der Waals surface area (Å²) in [5.41, 5.74) is 0.742. The van der Waals surface area contributed by atoms with Crippen LogP contribution in [-0.4, -0.2) is 22.3 Å². The lowest BCUT2D eigenvalue weighted by Crippen LogP contribution is -2.02. The Morgan fingerprint density at radius 1 is 1.60 bits per heavy atom. The number of hydrogen-bond acceptors (Lipinski definition) is 4. The number of rotatable bonds is 5. The molecule has 0 aliphatic heterocycles. The summed E-state index contributed by atoms with van der Waals surface area (Å²) in [7, 11) is 0. The molecule has 0 aliphatic rings. The Hall–Kier alpha value is -0.550. The van der Waals surface area contributed by atoms with Crippen LogP contribution >= 0.6 is 23.1 Å². The molecule has 3 nitrogen and oxygen atoms in total. The molecule has 0 unspecified atom stereocenters. The van der Waals surface area contributed by atoms with E-state index in [1.54, 1.807) is 11.8 Å². The van der Waals surface area contributed by atoms with E-state index in [1.165, 1.54) is 11.3 Å². The Balaban J connectivity index is 2.95. The van der Waals surface area contributed by atoms with Gasteiger partial charge in [-0.25, -0.2) is 9.78 Å². The highest BCUT2D eigenvalue weighted by molar-refractivity contribution is 7.97. The molecule has 0 fully saturated rings. The molecule has 1 heterocycles. The van der Waals surface area contributed by atoms with Crippen molar-refractivity contribution in [2.75, 3.05) is 6.26 Å². The standard InChI is InChI=1S/C10H15NO2S2/c1-6(2)4-7-9(10(12)13)15-8(11-7)5-14-3/h6H,4-5H2,1-3H3,(H,12,13). The van der Waals surface area contributed by atoms with Gasteiger partial charge in [0.25, 0.3) is 0 Å². The predicted octanol–water partition coefficient (Wildman–Crippen LogP) is 2.90. The zero-order valence-electron chi connectivity index (χ0n) is 9.11. The molecule has 0 amide bonds. The SMILES string of the molecule is CSCc1nc(CC(C)C)c(C(=O)O)s1. The average molecular weight is 245 g/mol. The topological polar surface area (TPSA) is 50.2 Å². The van der Waals surface area contributed by atoms with Crippen molar-refractivity contribution in [3.05, 3.63) is 15.6 Å². The summed E-state index contributed by atoms with van der Waals surface area (Å²) in [4.78, 5) is 15.8. The van der Waals surface area contributed by atoms with Gasteiger partial charge in [-0.3, -0.25) is 0 Å². The van der Waals surface area contributed by atoms with Gasteiger partial charge in [0.2, 0.25) is 0 Å². The summed E-state index contributed by atoms with van der Waals surface area (Å²) in [6, 6.07) is 0. The van der Waals surface area contributed by atoms with Gasteiger partial charge in [0.15, 0.2) is 0 Å². The normalized spacial score (nSPS) is 10.9. The van der Waals surface area contributed by atoms with E-state index in [9.17, 15) is 4.79 Å². The fourth-order valence-corrected chi connectivity index (χ4v) is 2.90. The fraction of sp³-hybridized carbons (Fsp3) is 0.600. The van der Waals surface area contributed by atoms with Gasteiger partial charge in [0, 0.05) is 5.75 Å². The van der Waals surface area contributed by atoms with Crippen LogP contribution in [0.2, 0.25) is 0 Å². The highest BCUT2D eigenvalue weighted by Gasteiger charge is 2.17. The molecular weight excluding hydrogens is 230 g/mol. The maximum Gasteiger partial charge on any atom is 0.347 e. The number of thiazole rings is 1. The number of aromatic carboxylic acids is 1. The molecule has 0 aliphatic carbocycles. The second-order valence-electron chi connectivity index (χ2n) is 3.72. The Bertz CT molecular complexity index is 347. The molecule has 1 aromatic heterocycles. The third-order valence-electron chi connectivity index (χ3n) is 1.81. The Kier molecular flexibility index (Phi) is 4.60. The van der Waals surface area contributed by atoms with Crippen molar-refractivity contribution < 1.29 is 9.90 Å². The van der Waals surface area contributed by atoms with Crippen LogP contribution in [0.15, 0.2) is 0 Å². The quantitative estimate of drug-likeness (QED) is 0.866. The molecule has 15 heavy (non-hydrogen) atoms. The van der Waals surface area contributed by atoms with Crippen LogP contribution < -0.4 is 0 Å². The van der Waals surface area contributed by atoms with Gasteiger partial charge in [0.05, 0.1) is 5.69 Å². The van der Waals surface area contributed by atoms with Crippen molar-refractivity contribution in [3.8, 4) is 0 Å². The third kappa shape index (κ3) is 3.50. The van der Waals surface area contributed by atoms with E-state index in [1.807, 2.05) is 6.26 Å². The smallest absolute Gasteiger partial charge is 0.347 e. The van der Waals surface area contributed by atoms with Gasteiger partial charge in [-0.05, 0) is 18.6 Å². The van der Waals surface area contributed by atoms with E-state index in [2.05, 4.69) is 18.8 Å². The van der Waals surface area contributed by atoms with Gasteiger partial charge < -0.3 is 5.11 Å². The summed E-state index contributed by atoms with van der Waals surface area (Å²) < 4.78 is 0. The number of aromatic nitrogens is 1. The van der Waals surface area contributed by atoms with E-state index < -0.39 is 5.97 Å². The lowest BCUT2D eigenvalue weighted by atomic mass is 10.1. The monoisotopic (exact) mass is 245 g/mol. The molecule has 0 atom stereocenters. The Morgan fingerprint density at radius 2 is 2.27 bits per heavy atom. The lowest BCUT2D eigenvalue weighted by Gasteiger charge is -2.01. The number of carboxylic acids is 1. The van der Waals surface area contributed by atoms with Crippen molar-refractivity contribution in [2.24, 2.45) is 5.92 Å². The molecule has 1 aromatic rings. The first-order valence-corrected chi connectivity index (χ1v) is 6.96. The molecule has 5 heteroatoms. The van der Waals surface area contributed by atoms with E-state index in [0.717, 1.165) is 22.9 Å². The second-order valence-corrected chi connectivity index (χ2v) is 5.67. The second kappa shape index (κ2) is 5.51. The van der Waals surface area contributed by atoms with Crippen LogP contribution in [0, 0.1) is 5.92 Å². The summed E-state index contributed by atoms with van der Waals surface area (Å²) in [5, 5.41) is 9.94. The van der Waals surface area contributed by atoms with Crippen LogP contribution in [0.25, 0.3) is 0 Å². The van der Waals surface area contributed by atoms with Crippen LogP contribution in [0.1, 0.15) is 34.2 Å². The van der Waals surface area contributed by atoms with Crippen molar-refractivity contribution in [3.63, 3.8) is 0 Å². The van der Waals surface area contributed by atoms with Crippen LogP contribution in [0.3, 0.4) is 0 Å². The zero-order valence-corrected chi connectivity index (χ0v) is 10.7. The molecule has 0 saturated heterocycles. The highest BCUT2D eigenvalue weighted by atomic mass is 32.2. The number of carbonyl (C=O) groups is 1. The Morgan fingerprint density at radius 3 is 2.73 bits per heavy atom. The number of thioether (sulfide) groups is 1. The van der Waals surface area contributed by atoms with Crippen molar-refractivity contribution in [1.29, 1.82) is 0 Å². The van der Waals surface area contributed by atoms with Gasteiger partial charge in [0.1, 0.15) is 9.88 Å². The lowest BCUT2D eigenvalue weighted by molar-refractivity contribution is 0.0700. The van der Waals surface area contributed by atoms with Gasteiger partial charge in [-0.1, -0.05) is 13.8 Å². The van der Waals surface area contributed by atoms with Crippen molar-refractivity contribution in [1.82, 2.24) is 4.98 Å². The summed E-state index contributed by atoms with van der Waals surface area (Å²) in [6.07, 6.45) is 2.73. The largest absolute Gasteiger partial charge is 0.477 e. The number of nitrogens with zero attached hydrogens (tertiary/aromatic N) is 1. The summed E-state index contributed by atoms with van der Waals surface area (Å²) >= 11 is 2.97. The maximum absolute atomic E-state index is 11.0. The van der Waals surface area contributed by atoms with Crippen LogP contribution in [0.5, 0.6) is 0 Å². The van der Waals surface area contributed by atoms with Gasteiger partial charge in [-0.15, -0.1) is 11.3 Å². The molecule has 0 radical (unpaired) electrons. The van der Waals surface area contributed by atoms with E-state index in [4.69, 9.17) is 5.11 Å². The molecule has 1 rings (SSSR count). The summed E-state index contributed by atoms with van der Waals surface area (Å²) in [5.74, 6) is 0.381. The van der Waals surface area contributed by atoms with E-state index in [-0.39, 0.29) is 0 Å². The predicted molar refractivity (Wildman–Crippen MR) is 64.8 cm³/mol. The Labute approximate surface area is 97.9 Å². The first-order chi connectivity index (χ1) is 7.04. The van der Waals surface area contributed by atoms with Crippen molar-refractivity contribution >= 4 is 29.1 Å². The molecule has 1 N–H and O–H groups in total.